The van der Waals surface area contributed by atoms with E-state index in [-0.39, 0.29) is 6.10 Å². The molecule has 1 N–H and O–H groups in total. The van der Waals surface area contributed by atoms with E-state index in [1.165, 1.54) is 50.5 Å². The predicted molar refractivity (Wildman–Crippen MR) is 101 cm³/mol. The normalized spacial score (nSPS) is 41.8. The van der Waals surface area contributed by atoms with Crippen LogP contribution in [0, 0.1) is 29.1 Å². The van der Waals surface area contributed by atoms with Crippen LogP contribution < -0.4 is 0 Å². The van der Waals surface area contributed by atoms with E-state index in [1.54, 1.807) is 11.1 Å². The fourth-order valence-corrected chi connectivity index (χ4v) is 7.12. The van der Waals surface area contributed by atoms with Crippen molar-refractivity contribution in [3.05, 3.63) is 22.8 Å². The van der Waals surface area contributed by atoms with Gasteiger partial charge < -0.3 is 5.11 Å². The molecule has 6 atom stereocenters. The summed E-state index contributed by atoms with van der Waals surface area (Å²) in [5, 5.41) is 10.3. The first-order valence-corrected chi connectivity index (χ1v) is 10.6. The highest BCUT2D eigenvalue weighted by Gasteiger charge is 2.55. The van der Waals surface area contributed by atoms with Gasteiger partial charge in [-0.3, -0.25) is 4.79 Å². The third-order valence-electron chi connectivity index (χ3n) is 8.22. The van der Waals surface area contributed by atoms with E-state index in [0.29, 0.717) is 35.4 Å². The van der Waals surface area contributed by atoms with Gasteiger partial charge in [-0.15, -0.1) is 0 Å². The van der Waals surface area contributed by atoms with E-state index in [1.807, 2.05) is 13.0 Å². The van der Waals surface area contributed by atoms with Crippen LogP contribution in [0.4, 0.5) is 0 Å². The zero-order valence-electron chi connectivity index (χ0n) is 16.2. The zero-order chi connectivity index (χ0) is 17.8. The molecule has 25 heavy (non-hydrogen) atoms. The van der Waals surface area contributed by atoms with Gasteiger partial charge in [0.1, 0.15) is 0 Å². The molecule has 4 aliphatic rings. The van der Waals surface area contributed by atoms with Crippen LogP contribution >= 0.6 is 0 Å². The summed E-state index contributed by atoms with van der Waals surface area (Å²) in [5.74, 6) is 2.85. The summed E-state index contributed by atoms with van der Waals surface area (Å²) in [7, 11) is 0. The minimum Gasteiger partial charge on any atom is -0.393 e. The van der Waals surface area contributed by atoms with E-state index in [0.717, 1.165) is 12.3 Å². The molecule has 0 aromatic rings. The highest BCUT2D eigenvalue weighted by atomic mass is 16.3. The first kappa shape index (κ1) is 17.5. The Kier molecular flexibility index (Phi) is 4.46. The van der Waals surface area contributed by atoms with Crippen molar-refractivity contribution in [2.24, 2.45) is 29.1 Å². The maximum absolute atomic E-state index is 12.1. The summed E-state index contributed by atoms with van der Waals surface area (Å²) in [6, 6.07) is 0. The molecule has 4 rings (SSSR count). The number of carbonyl (C=O) groups excluding carboxylic acids is 1. The predicted octanol–water partition coefficient (Wildman–Crippen LogP) is 5.22. The fraction of sp³-hybridized carbons (Fsp3) is 0.783. The Balaban J connectivity index is 1.73. The Morgan fingerprint density at radius 3 is 2.80 bits per heavy atom. The summed E-state index contributed by atoms with van der Waals surface area (Å²) in [6.07, 6.45) is 12.1. The van der Waals surface area contributed by atoms with Crippen molar-refractivity contribution < 1.29 is 9.90 Å². The zero-order valence-corrected chi connectivity index (χ0v) is 16.2. The average molecular weight is 343 g/mol. The molecule has 0 bridgehead atoms. The quantitative estimate of drug-likeness (QED) is 0.764. The molecule has 2 heteroatoms. The topological polar surface area (TPSA) is 37.3 Å². The third-order valence-corrected chi connectivity index (χ3v) is 8.22. The van der Waals surface area contributed by atoms with E-state index in [2.05, 4.69) is 13.8 Å². The van der Waals surface area contributed by atoms with Gasteiger partial charge in [0, 0.05) is 6.42 Å². The average Bonchev–Trinajstić information content (AvgIpc) is 2.93. The molecule has 138 valence electrons. The Morgan fingerprint density at radius 2 is 2.08 bits per heavy atom. The van der Waals surface area contributed by atoms with Crippen LogP contribution in [0.3, 0.4) is 0 Å². The molecule has 0 radical (unpaired) electrons. The van der Waals surface area contributed by atoms with E-state index in [4.69, 9.17) is 0 Å². The van der Waals surface area contributed by atoms with Crippen molar-refractivity contribution in [1.29, 1.82) is 0 Å². The van der Waals surface area contributed by atoms with Crippen LogP contribution in [0.2, 0.25) is 0 Å². The number of hydrogen-bond donors (Lipinski definition) is 1. The minimum atomic E-state index is -0.179. The molecule has 0 saturated heterocycles. The first-order chi connectivity index (χ1) is 12.0. The lowest BCUT2D eigenvalue weighted by Gasteiger charge is -2.51. The van der Waals surface area contributed by atoms with Gasteiger partial charge in [0.2, 0.25) is 0 Å². The molecule has 2 nitrogen and oxygen atoms in total. The van der Waals surface area contributed by atoms with Crippen molar-refractivity contribution in [2.75, 3.05) is 0 Å². The van der Waals surface area contributed by atoms with Crippen LogP contribution in [-0.4, -0.2) is 17.0 Å². The van der Waals surface area contributed by atoms with Crippen molar-refractivity contribution in [3.63, 3.8) is 0 Å². The van der Waals surface area contributed by atoms with Gasteiger partial charge in [0.25, 0.3) is 0 Å². The number of allylic oxidation sites excluding steroid dienone is 4. The summed E-state index contributed by atoms with van der Waals surface area (Å²) < 4.78 is 0. The molecule has 0 aromatic heterocycles. The standard InChI is InChI=1S/C23H34O2/c1-4-5-15-12-20-18(17-7-6-16(25)13-19(15)17)10-11-23(3)21(14(2)24)8-9-22(20)23/h13-15,20-22,24H,4-12H2,1-3H3/t14?,15-,20+,21+,22-,23+/m0/s1. The summed E-state index contributed by atoms with van der Waals surface area (Å²) in [6.45, 7) is 6.74. The maximum Gasteiger partial charge on any atom is 0.156 e. The second-order valence-corrected chi connectivity index (χ2v) is 9.43. The van der Waals surface area contributed by atoms with Gasteiger partial charge in [-0.2, -0.15) is 0 Å². The Morgan fingerprint density at radius 1 is 1.28 bits per heavy atom. The molecule has 0 spiro atoms. The van der Waals surface area contributed by atoms with Crippen molar-refractivity contribution in [3.8, 4) is 0 Å². The van der Waals surface area contributed by atoms with E-state index in [9.17, 15) is 9.90 Å². The van der Waals surface area contributed by atoms with Gasteiger partial charge in [-0.05, 0) is 98.2 Å². The van der Waals surface area contributed by atoms with Crippen LogP contribution in [0.25, 0.3) is 0 Å². The summed E-state index contributed by atoms with van der Waals surface area (Å²) in [5.41, 5.74) is 5.01. The van der Waals surface area contributed by atoms with Gasteiger partial charge in [0.05, 0.1) is 6.10 Å². The summed E-state index contributed by atoms with van der Waals surface area (Å²) >= 11 is 0. The van der Waals surface area contributed by atoms with Crippen LogP contribution in [0.15, 0.2) is 22.8 Å². The second kappa shape index (κ2) is 6.37. The third kappa shape index (κ3) is 2.67. The molecule has 2 fully saturated rings. The highest BCUT2D eigenvalue weighted by Crippen LogP contribution is 2.63. The molecular weight excluding hydrogens is 308 g/mol. The lowest BCUT2D eigenvalue weighted by Crippen LogP contribution is -2.43. The minimum absolute atomic E-state index is 0.179. The number of fused-ring (bicyclic) bond motifs is 4. The highest BCUT2D eigenvalue weighted by molar-refractivity contribution is 5.93. The largest absolute Gasteiger partial charge is 0.393 e. The first-order valence-electron chi connectivity index (χ1n) is 10.6. The molecule has 0 heterocycles. The van der Waals surface area contributed by atoms with Gasteiger partial charge in [-0.1, -0.05) is 25.8 Å². The number of aliphatic hydroxyl groups excluding tert-OH is 1. The van der Waals surface area contributed by atoms with Gasteiger partial charge in [0.15, 0.2) is 5.78 Å². The van der Waals surface area contributed by atoms with Gasteiger partial charge >= 0.3 is 0 Å². The summed E-state index contributed by atoms with van der Waals surface area (Å²) in [4.78, 5) is 12.1. The van der Waals surface area contributed by atoms with Gasteiger partial charge in [-0.25, -0.2) is 0 Å². The molecule has 2 saturated carbocycles. The Labute approximate surface area is 152 Å². The number of hydrogen-bond acceptors (Lipinski definition) is 2. The molecule has 0 amide bonds. The maximum atomic E-state index is 12.1. The Hall–Kier alpha value is -0.890. The smallest absolute Gasteiger partial charge is 0.156 e. The molecule has 0 aromatic carbocycles. The lowest BCUT2D eigenvalue weighted by molar-refractivity contribution is -0.114. The van der Waals surface area contributed by atoms with Crippen molar-refractivity contribution in [1.82, 2.24) is 0 Å². The van der Waals surface area contributed by atoms with Crippen LogP contribution in [0.1, 0.15) is 78.6 Å². The van der Waals surface area contributed by atoms with Crippen LogP contribution in [0.5, 0.6) is 0 Å². The SMILES string of the molecule is CCC[C@H]1C[C@@H]2C(=C3CCC(=O)C=C31)CC[C@]1(C)[C@@H](C(C)O)CC[C@@H]21. The molecular formula is C23H34O2. The number of rotatable bonds is 3. The van der Waals surface area contributed by atoms with Crippen molar-refractivity contribution in [2.45, 2.75) is 84.7 Å². The molecule has 4 aliphatic carbocycles. The number of aliphatic hydroxyl groups is 1. The van der Waals surface area contributed by atoms with E-state index < -0.39 is 0 Å². The number of carbonyl (C=O) groups is 1. The molecule has 1 unspecified atom stereocenters. The molecule has 0 aliphatic heterocycles. The Bertz CT molecular complexity index is 626. The lowest BCUT2D eigenvalue weighted by atomic mass is 9.54. The van der Waals surface area contributed by atoms with Crippen LogP contribution in [-0.2, 0) is 4.79 Å². The number of ketones is 1. The van der Waals surface area contributed by atoms with E-state index >= 15 is 0 Å². The second-order valence-electron chi connectivity index (χ2n) is 9.43. The fourth-order valence-electron chi connectivity index (χ4n) is 7.12. The monoisotopic (exact) mass is 342 g/mol. The van der Waals surface area contributed by atoms with Crippen molar-refractivity contribution >= 4 is 5.78 Å².